The molecule has 0 atom stereocenters. The van der Waals surface area contributed by atoms with Crippen LogP contribution in [0.3, 0.4) is 0 Å². The lowest BCUT2D eigenvalue weighted by Crippen LogP contribution is -2.37. The highest BCUT2D eigenvalue weighted by molar-refractivity contribution is 7.09. The van der Waals surface area contributed by atoms with Crippen LogP contribution in [0, 0.1) is 6.92 Å². The third-order valence-electron chi connectivity index (χ3n) is 3.21. The highest BCUT2D eigenvalue weighted by Crippen LogP contribution is 2.17. The van der Waals surface area contributed by atoms with Crippen LogP contribution in [0.5, 0.6) is 5.88 Å². The molecule has 0 bridgehead atoms. The first-order valence-electron chi connectivity index (χ1n) is 7.86. The number of hydrogen-bond donors (Lipinski definition) is 2. The van der Waals surface area contributed by atoms with E-state index in [0.717, 1.165) is 22.7 Å². The van der Waals surface area contributed by atoms with Crippen LogP contribution in [0.2, 0.25) is 0 Å². The Bertz CT molecular complexity index is 733. The van der Waals surface area contributed by atoms with Crippen LogP contribution in [0.15, 0.2) is 28.7 Å². The molecule has 10 heteroatoms. The average Bonchev–Trinajstić information content (AvgIpc) is 3.01. The molecule has 142 valence electrons. The Kier molecular flexibility index (Phi) is 7.19. The summed E-state index contributed by atoms with van der Waals surface area (Å²) in [7, 11) is 1.65. The number of ether oxygens (including phenoxy) is 1. The molecule has 0 saturated heterocycles. The van der Waals surface area contributed by atoms with Crippen LogP contribution in [-0.2, 0) is 13.0 Å². The third-order valence-corrected chi connectivity index (χ3v) is 4.03. The van der Waals surface area contributed by atoms with Crippen molar-refractivity contribution in [1.82, 2.24) is 20.6 Å². The first-order valence-corrected chi connectivity index (χ1v) is 8.73. The van der Waals surface area contributed by atoms with Gasteiger partial charge in [0.15, 0.2) is 12.6 Å². The SMILES string of the molecule is CN=C(NCCc1csc(C)n1)NCc1ccnc(OCC(F)(F)F)c1. The lowest BCUT2D eigenvalue weighted by Gasteiger charge is -2.12. The third kappa shape index (κ3) is 7.26. The smallest absolute Gasteiger partial charge is 0.422 e. The van der Waals surface area contributed by atoms with Gasteiger partial charge in [0.1, 0.15) is 0 Å². The fourth-order valence-electron chi connectivity index (χ4n) is 2.03. The van der Waals surface area contributed by atoms with E-state index in [1.807, 2.05) is 12.3 Å². The summed E-state index contributed by atoms with van der Waals surface area (Å²) in [6, 6.07) is 3.16. The molecular formula is C16H20F3N5OS. The van der Waals surface area contributed by atoms with Crippen molar-refractivity contribution >= 4 is 17.3 Å². The molecule has 2 N–H and O–H groups in total. The number of nitrogens with one attached hydrogen (secondary N) is 2. The molecule has 0 saturated carbocycles. The van der Waals surface area contributed by atoms with Crippen molar-refractivity contribution in [2.24, 2.45) is 4.99 Å². The molecule has 26 heavy (non-hydrogen) atoms. The number of thiazole rings is 1. The monoisotopic (exact) mass is 387 g/mol. The number of nitrogens with zero attached hydrogens (tertiary/aromatic N) is 3. The number of guanidine groups is 1. The fourth-order valence-corrected chi connectivity index (χ4v) is 2.68. The molecule has 2 heterocycles. The van der Waals surface area contributed by atoms with Crippen LogP contribution < -0.4 is 15.4 Å². The minimum absolute atomic E-state index is 0.0662. The van der Waals surface area contributed by atoms with Crippen molar-refractivity contribution < 1.29 is 17.9 Å². The zero-order valence-electron chi connectivity index (χ0n) is 14.4. The van der Waals surface area contributed by atoms with Gasteiger partial charge in [-0.2, -0.15) is 13.2 Å². The van der Waals surface area contributed by atoms with Gasteiger partial charge >= 0.3 is 6.18 Å². The van der Waals surface area contributed by atoms with Crippen molar-refractivity contribution in [2.75, 3.05) is 20.2 Å². The van der Waals surface area contributed by atoms with Crippen LogP contribution in [0.25, 0.3) is 0 Å². The molecule has 0 amide bonds. The average molecular weight is 387 g/mol. The summed E-state index contributed by atoms with van der Waals surface area (Å²) in [6.07, 6.45) is -2.21. The number of aliphatic imine (C=N–C) groups is 1. The van der Waals surface area contributed by atoms with E-state index in [-0.39, 0.29) is 5.88 Å². The lowest BCUT2D eigenvalue weighted by molar-refractivity contribution is -0.154. The fraction of sp³-hybridized carbons (Fsp3) is 0.438. The summed E-state index contributed by atoms with van der Waals surface area (Å²) in [5.74, 6) is 0.523. The molecule has 2 aromatic rings. The van der Waals surface area contributed by atoms with E-state index >= 15 is 0 Å². The highest BCUT2D eigenvalue weighted by atomic mass is 32.1. The predicted molar refractivity (Wildman–Crippen MR) is 94.5 cm³/mol. The summed E-state index contributed by atoms with van der Waals surface area (Å²) in [6.45, 7) is 1.64. The van der Waals surface area contributed by atoms with Gasteiger partial charge in [-0.1, -0.05) is 0 Å². The number of rotatable bonds is 7. The second-order valence-corrected chi connectivity index (χ2v) is 6.43. The van der Waals surface area contributed by atoms with Crippen LogP contribution in [0.4, 0.5) is 13.2 Å². The summed E-state index contributed by atoms with van der Waals surface area (Å²) >= 11 is 1.61. The molecule has 0 radical (unpaired) electrons. The topological polar surface area (TPSA) is 71.4 Å². The van der Waals surface area contributed by atoms with E-state index in [0.29, 0.717) is 19.0 Å². The molecule has 0 aliphatic rings. The maximum Gasteiger partial charge on any atom is 0.422 e. The zero-order valence-corrected chi connectivity index (χ0v) is 15.2. The molecule has 0 aromatic carbocycles. The second kappa shape index (κ2) is 9.37. The highest BCUT2D eigenvalue weighted by Gasteiger charge is 2.28. The molecule has 0 spiro atoms. The maximum atomic E-state index is 12.2. The number of pyridine rings is 1. The van der Waals surface area contributed by atoms with Crippen molar-refractivity contribution in [3.8, 4) is 5.88 Å². The molecule has 0 fully saturated rings. The Hall–Kier alpha value is -2.36. The molecule has 0 aliphatic carbocycles. The van der Waals surface area contributed by atoms with Gasteiger partial charge in [0.05, 0.1) is 10.7 Å². The summed E-state index contributed by atoms with van der Waals surface area (Å²) in [5, 5.41) is 9.31. The van der Waals surface area contributed by atoms with E-state index in [1.54, 1.807) is 24.5 Å². The number of hydrogen-bond acceptors (Lipinski definition) is 5. The Labute approximate surface area is 153 Å². The Morgan fingerprint density at radius 1 is 1.35 bits per heavy atom. The summed E-state index contributed by atoms with van der Waals surface area (Å²) < 4.78 is 41.2. The van der Waals surface area contributed by atoms with Crippen molar-refractivity contribution in [3.05, 3.63) is 40.0 Å². The van der Waals surface area contributed by atoms with E-state index in [9.17, 15) is 13.2 Å². The van der Waals surface area contributed by atoms with E-state index < -0.39 is 12.8 Å². The van der Waals surface area contributed by atoms with Crippen molar-refractivity contribution in [3.63, 3.8) is 0 Å². The predicted octanol–water partition coefficient (Wildman–Crippen LogP) is 2.70. The largest absolute Gasteiger partial charge is 0.468 e. The van der Waals surface area contributed by atoms with Crippen LogP contribution in [0.1, 0.15) is 16.3 Å². The van der Waals surface area contributed by atoms with Crippen LogP contribution >= 0.6 is 11.3 Å². The molecular weight excluding hydrogens is 367 g/mol. The standard InChI is InChI=1S/C16H20F3N5OS/c1-11-24-13(9-26-11)4-6-22-15(20-2)23-8-12-3-5-21-14(7-12)25-10-16(17,18)19/h3,5,7,9H,4,6,8,10H2,1-2H3,(H2,20,22,23). The normalized spacial score (nSPS) is 12.1. The van der Waals surface area contributed by atoms with Gasteiger partial charge in [0.25, 0.3) is 0 Å². The first kappa shape index (κ1) is 20.0. The van der Waals surface area contributed by atoms with E-state index in [4.69, 9.17) is 0 Å². The molecule has 6 nitrogen and oxygen atoms in total. The molecule has 0 aliphatic heterocycles. The van der Waals surface area contributed by atoms with Crippen molar-refractivity contribution in [2.45, 2.75) is 26.1 Å². The first-order chi connectivity index (χ1) is 12.4. The van der Waals surface area contributed by atoms with Gasteiger partial charge in [-0.25, -0.2) is 9.97 Å². The van der Waals surface area contributed by atoms with Gasteiger partial charge in [-0.05, 0) is 18.6 Å². The van der Waals surface area contributed by atoms with Gasteiger partial charge < -0.3 is 15.4 Å². The Morgan fingerprint density at radius 2 is 2.15 bits per heavy atom. The molecule has 2 aromatic heterocycles. The van der Waals surface area contributed by atoms with Gasteiger partial charge in [0.2, 0.25) is 5.88 Å². The van der Waals surface area contributed by atoms with Gasteiger partial charge in [-0.15, -0.1) is 11.3 Å². The number of halogens is 3. The quantitative estimate of drug-likeness (QED) is 0.565. The summed E-state index contributed by atoms with van der Waals surface area (Å²) in [4.78, 5) is 12.3. The van der Waals surface area contributed by atoms with Gasteiger partial charge in [0, 0.05) is 44.2 Å². The number of aryl methyl sites for hydroxylation is 1. The minimum Gasteiger partial charge on any atom is -0.468 e. The van der Waals surface area contributed by atoms with E-state index in [1.165, 1.54) is 12.3 Å². The van der Waals surface area contributed by atoms with Crippen LogP contribution in [-0.4, -0.2) is 42.3 Å². The molecule has 2 rings (SSSR count). The zero-order chi connectivity index (χ0) is 19.0. The summed E-state index contributed by atoms with van der Waals surface area (Å²) in [5.41, 5.74) is 1.76. The second-order valence-electron chi connectivity index (χ2n) is 5.37. The Morgan fingerprint density at radius 3 is 2.81 bits per heavy atom. The molecule has 0 unspecified atom stereocenters. The maximum absolute atomic E-state index is 12.2. The number of aromatic nitrogens is 2. The van der Waals surface area contributed by atoms with E-state index in [2.05, 4.69) is 30.3 Å². The minimum atomic E-state index is -4.39. The lowest BCUT2D eigenvalue weighted by atomic mass is 10.2. The Balaban J connectivity index is 1.78. The number of alkyl halides is 3. The van der Waals surface area contributed by atoms with Crippen molar-refractivity contribution in [1.29, 1.82) is 0 Å². The van der Waals surface area contributed by atoms with Gasteiger partial charge in [-0.3, -0.25) is 4.99 Å².